The Labute approximate surface area is 108 Å². The summed E-state index contributed by atoms with van der Waals surface area (Å²) in [6.45, 7) is 0.739. The monoisotopic (exact) mass is 272 g/mol. The van der Waals surface area contributed by atoms with E-state index in [2.05, 4.69) is 30.7 Å². The van der Waals surface area contributed by atoms with Crippen molar-refractivity contribution in [3.63, 3.8) is 0 Å². The standard InChI is InChI=1S/C9H10Cl2N6/c10-7-4-6(9(11)17-15-7)12-3-1-2-8-13-5-14-16-8/h4-5H,1-3H2,(H,12,15)(H,13,14,16). The molecule has 17 heavy (non-hydrogen) atoms. The molecule has 0 amide bonds. The number of aromatic nitrogens is 5. The van der Waals surface area contributed by atoms with Gasteiger partial charge in [-0.15, -0.1) is 10.2 Å². The molecule has 2 heterocycles. The van der Waals surface area contributed by atoms with Gasteiger partial charge < -0.3 is 5.32 Å². The highest BCUT2D eigenvalue weighted by Gasteiger charge is 2.03. The minimum atomic E-state index is 0.312. The normalized spacial score (nSPS) is 10.5. The third kappa shape index (κ3) is 3.54. The van der Waals surface area contributed by atoms with Gasteiger partial charge in [0, 0.05) is 19.0 Å². The quantitative estimate of drug-likeness (QED) is 0.814. The summed E-state index contributed by atoms with van der Waals surface area (Å²) < 4.78 is 0. The van der Waals surface area contributed by atoms with Crippen molar-refractivity contribution < 1.29 is 0 Å². The fourth-order valence-corrected chi connectivity index (χ4v) is 1.61. The molecule has 2 N–H and O–H groups in total. The van der Waals surface area contributed by atoms with Crippen LogP contribution in [0.15, 0.2) is 12.4 Å². The fourth-order valence-electron chi connectivity index (χ4n) is 1.31. The molecule has 0 spiro atoms. The van der Waals surface area contributed by atoms with Crippen molar-refractivity contribution in [1.82, 2.24) is 25.4 Å². The molecule has 0 unspecified atom stereocenters. The predicted octanol–water partition coefficient (Wildman–Crippen LogP) is 1.95. The van der Waals surface area contributed by atoms with E-state index in [0.29, 0.717) is 16.0 Å². The first-order valence-electron chi connectivity index (χ1n) is 5.02. The Morgan fingerprint density at radius 1 is 1.29 bits per heavy atom. The van der Waals surface area contributed by atoms with Crippen LogP contribution in [0.2, 0.25) is 10.3 Å². The molecule has 0 aliphatic heterocycles. The fraction of sp³-hybridized carbons (Fsp3) is 0.333. The molecular formula is C9H10Cl2N6. The van der Waals surface area contributed by atoms with Crippen molar-refractivity contribution in [2.45, 2.75) is 12.8 Å². The number of nitrogens with zero attached hydrogens (tertiary/aromatic N) is 4. The van der Waals surface area contributed by atoms with Crippen LogP contribution in [-0.4, -0.2) is 31.9 Å². The zero-order valence-corrected chi connectivity index (χ0v) is 10.3. The van der Waals surface area contributed by atoms with Crippen molar-refractivity contribution in [2.24, 2.45) is 0 Å². The second-order valence-electron chi connectivity index (χ2n) is 3.33. The molecule has 0 fully saturated rings. The second-order valence-corrected chi connectivity index (χ2v) is 4.08. The lowest BCUT2D eigenvalue weighted by Gasteiger charge is -2.06. The number of halogens is 2. The van der Waals surface area contributed by atoms with Gasteiger partial charge in [0.25, 0.3) is 0 Å². The number of rotatable bonds is 5. The van der Waals surface area contributed by atoms with Crippen molar-refractivity contribution in [1.29, 1.82) is 0 Å². The number of nitrogens with one attached hydrogen (secondary N) is 2. The number of aromatic amines is 1. The van der Waals surface area contributed by atoms with E-state index in [4.69, 9.17) is 23.2 Å². The van der Waals surface area contributed by atoms with Crippen LogP contribution in [0.4, 0.5) is 5.69 Å². The van der Waals surface area contributed by atoms with Crippen LogP contribution in [0.25, 0.3) is 0 Å². The van der Waals surface area contributed by atoms with Crippen molar-refractivity contribution in [3.8, 4) is 0 Å². The van der Waals surface area contributed by atoms with Crippen LogP contribution in [-0.2, 0) is 6.42 Å². The van der Waals surface area contributed by atoms with Gasteiger partial charge in [-0.05, 0) is 6.42 Å². The first-order valence-corrected chi connectivity index (χ1v) is 5.78. The third-order valence-electron chi connectivity index (χ3n) is 2.09. The molecule has 0 bridgehead atoms. The summed E-state index contributed by atoms with van der Waals surface area (Å²) in [7, 11) is 0. The molecule has 2 aromatic rings. The summed E-state index contributed by atoms with van der Waals surface area (Å²) >= 11 is 11.6. The predicted molar refractivity (Wildman–Crippen MR) is 65.2 cm³/mol. The minimum Gasteiger partial charge on any atom is -0.382 e. The first kappa shape index (κ1) is 12.1. The summed E-state index contributed by atoms with van der Waals surface area (Å²) in [5.74, 6) is 0.865. The van der Waals surface area contributed by atoms with E-state index >= 15 is 0 Å². The Kier molecular flexibility index (Phi) is 4.11. The molecule has 2 aromatic heterocycles. The number of hydrogen-bond acceptors (Lipinski definition) is 5. The van der Waals surface area contributed by atoms with Gasteiger partial charge in [-0.3, -0.25) is 5.10 Å². The van der Waals surface area contributed by atoms with Gasteiger partial charge in [-0.25, -0.2) is 4.98 Å². The first-order chi connectivity index (χ1) is 8.25. The third-order valence-corrected chi connectivity index (χ3v) is 2.55. The van der Waals surface area contributed by atoms with Crippen LogP contribution < -0.4 is 5.32 Å². The van der Waals surface area contributed by atoms with Gasteiger partial charge in [0.1, 0.15) is 12.2 Å². The van der Waals surface area contributed by atoms with Crippen molar-refractivity contribution >= 4 is 28.9 Å². The maximum Gasteiger partial charge on any atom is 0.174 e. The Morgan fingerprint density at radius 3 is 2.94 bits per heavy atom. The lowest BCUT2D eigenvalue weighted by molar-refractivity contribution is 0.805. The Balaban J connectivity index is 1.80. The van der Waals surface area contributed by atoms with E-state index in [9.17, 15) is 0 Å². The van der Waals surface area contributed by atoms with Crippen LogP contribution >= 0.6 is 23.2 Å². The zero-order valence-electron chi connectivity index (χ0n) is 8.82. The molecule has 0 atom stereocenters. The van der Waals surface area contributed by atoms with Gasteiger partial charge in [-0.1, -0.05) is 23.2 Å². The van der Waals surface area contributed by atoms with Gasteiger partial charge >= 0.3 is 0 Å². The molecule has 6 nitrogen and oxygen atoms in total. The van der Waals surface area contributed by atoms with Gasteiger partial charge in [0.05, 0.1) is 5.69 Å². The lowest BCUT2D eigenvalue weighted by Crippen LogP contribution is -2.05. The molecule has 0 radical (unpaired) electrons. The van der Waals surface area contributed by atoms with Crippen molar-refractivity contribution in [3.05, 3.63) is 28.5 Å². The number of hydrogen-bond donors (Lipinski definition) is 2. The summed E-state index contributed by atoms with van der Waals surface area (Å²) in [5.41, 5.74) is 0.684. The van der Waals surface area contributed by atoms with Gasteiger partial charge in [0.15, 0.2) is 10.3 Å². The van der Waals surface area contributed by atoms with E-state index in [0.717, 1.165) is 25.2 Å². The zero-order chi connectivity index (χ0) is 12.1. The van der Waals surface area contributed by atoms with E-state index in [-0.39, 0.29) is 0 Å². The lowest BCUT2D eigenvalue weighted by atomic mass is 10.3. The Bertz CT molecular complexity index is 472. The average molecular weight is 273 g/mol. The maximum atomic E-state index is 5.85. The highest BCUT2D eigenvalue weighted by atomic mass is 35.5. The molecule has 90 valence electrons. The molecule has 2 rings (SSSR count). The van der Waals surface area contributed by atoms with E-state index in [1.807, 2.05) is 0 Å². The SMILES string of the molecule is Clc1cc(NCCCc2ncn[nH]2)c(Cl)nn1. The van der Waals surface area contributed by atoms with E-state index in [1.165, 1.54) is 6.33 Å². The van der Waals surface area contributed by atoms with Crippen LogP contribution in [0.3, 0.4) is 0 Å². The summed E-state index contributed by atoms with van der Waals surface area (Å²) in [5, 5.41) is 17.7. The van der Waals surface area contributed by atoms with Crippen LogP contribution in [0, 0.1) is 0 Å². The minimum absolute atomic E-state index is 0.312. The topological polar surface area (TPSA) is 79.4 Å². The molecule has 8 heteroatoms. The molecule has 0 aliphatic carbocycles. The average Bonchev–Trinajstić information content (AvgIpc) is 2.82. The molecule has 0 saturated carbocycles. The molecule has 0 saturated heterocycles. The highest BCUT2D eigenvalue weighted by Crippen LogP contribution is 2.20. The van der Waals surface area contributed by atoms with Crippen LogP contribution in [0.1, 0.15) is 12.2 Å². The highest BCUT2D eigenvalue weighted by molar-refractivity contribution is 6.33. The van der Waals surface area contributed by atoms with Crippen molar-refractivity contribution in [2.75, 3.05) is 11.9 Å². The molecule has 0 aliphatic rings. The number of anilines is 1. The number of aryl methyl sites for hydroxylation is 1. The Hall–Kier alpha value is -1.40. The number of H-pyrrole nitrogens is 1. The summed E-state index contributed by atoms with van der Waals surface area (Å²) in [6, 6.07) is 1.64. The smallest absolute Gasteiger partial charge is 0.174 e. The van der Waals surface area contributed by atoms with Crippen LogP contribution in [0.5, 0.6) is 0 Å². The van der Waals surface area contributed by atoms with Gasteiger partial charge in [0.2, 0.25) is 0 Å². The summed E-state index contributed by atoms with van der Waals surface area (Å²) in [6.07, 6.45) is 3.20. The Morgan fingerprint density at radius 2 is 2.18 bits per heavy atom. The molecule has 0 aromatic carbocycles. The summed E-state index contributed by atoms with van der Waals surface area (Å²) in [4.78, 5) is 4.03. The second kappa shape index (κ2) is 5.79. The van der Waals surface area contributed by atoms with E-state index in [1.54, 1.807) is 6.07 Å². The van der Waals surface area contributed by atoms with Gasteiger partial charge in [-0.2, -0.15) is 5.10 Å². The van der Waals surface area contributed by atoms with E-state index < -0.39 is 0 Å². The largest absolute Gasteiger partial charge is 0.382 e. The molecular weight excluding hydrogens is 263 g/mol. The maximum absolute atomic E-state index is 5.85.